The molecule has 5 nitrogen and oxygen atoms in total. The van der Waals surface area contributed by atoms with Gasteiger partial charge in [0.1, 0.15) is 0 Å². The SMILES string of the molecule is CCC(C)NC(=O)CCNC(=O)CC1NCCCC1C. The predicted octanol–water partition coefficient (Wildman–Crippen LogP) is 1.19. The van der Waals surface area contributed by atoms with E-state index in [0.717, 1.165) is 13.0 Å². The van der Waals surface area contributed by atoms with E-state index in [0.29, 0.717) is 25.3 Å². The van der Waals surface area contributed by atoms with Crippen LogP contribution < -0.4 is 16.0 Å². The average molecular weight is 283 g/mol. The van der Waals surface area contributed by atoms with Crippen LogP contribution in [0.25, 0.3) is 0 Å². The highest BCUT2D eigenvalue weighted by molar-refractivity contribution is 5.79. The van der Waals surface area contributed by atoms with E-state index in [-0.39, 0.29) is 23.9 Å². The highest BCUT2D eigenvalue weighted by atomic mass is 16.2. The van der Waals surface area contributed by atoms with E-state index in [9.17, 15) is 9.59 Å². The monoisotopic (exact) mass is 283 g/mol. The summed E-state index contributed by atoms with van der Waals surface area (Å²) in [6.45, 7) is 7.61. The molecule has 3 atom stereocenters. The normalized spacial score (nSPS) is 23.9. The average Bonchev–Trinajstić information content (AvgIpc) is 2.41. The Bertz CT molecular complexity index is 320. The van der Waals surface area contributed by atoms with Crippen molar-refractivity contribution >= 4 is 11.8 Å². The van der Waals surface area contributed by atoms with Gasteiger partial charge in [0.05, 0.1) is 0 Å². The number of carbonyl (C=O) groups excluding carboxylic acids is 2. The van der Waals surface area contributed by atoms with Crippen LogP contribution in [0.15, 0.2) is 0 Å². The second-order valence-electron chi connectivity index (χ2n) is 5.86. The van der Waals surface area contributed by atoms with Crippen LogP contribution in [0.3, 0.4) is 0 Å². The van der Waals surface area contributed by atoms with Crippen molar-refractivity contribution in [1.29, 1.82) is 0 Å². The lowest BCUT2D eigenvalue weighted by atomic mass is 9.90. The third-order valence-corrected chi connectivity index (χ3v) is 4.03. The molecular formula is C15H29N3O2. The van der Waals surface area contributed by atoms with Crippen molar-refractivity contribution in [2.75, 3.05) is 13.1 Å². The molecule has 2 amide bonds. The zero-order chi connectivity index (χ0) is 15.0. The Morgan fingerprint density at radius 1 is 1.35 bits per heavy atom. The lowest BCUT2D eigenvalue weighted by Gasteiger charge is -2.29. The summed E-state index contributed by atoms with van der Waals surface area (Å²) in [5, 5.41) is 9.11. The number of piperidine rings is 1. The van der Waals surface area contributed by atoms with Crippen LogP contribution in [-0.4, -0.2) is 37.0 Å². The van der Waals surface area contributed by atoms with Gasteiger partial charge in [-0.25, -0.2) is 0 Å². The molecule has 1 heterocycles. The minimum atomic E-state index is 0.00353. The molecule has 0 radical (unpaired) electrons. The van der Waals surface area contributed by atoms with Gasteiger partial charge in [-0.2, -0.15) is 0 Å². The molecule has 20 heavy (non-hydrogen) atoms. The number of nitrogens with one attached hydrogen (secondary N) is 3. The van der Waals surface area contributed by atoms with E-state index >= 15 is 0 Å². The first-order valence-electron chi connectivity index (χ1n) is 7.82. The number of carbonyl (C=O) groups is 2. The van der Waals surface area contributed by atoms with Crippen molar-refractivity contribution < 1.29 is 9.59 Å². The molecule has 0 aromatic heterocycles. The first-order valence-corrected chi connectivity index (χ1v) is 7.82. The Labute approximate surface area is 122 Å². The number of hydrogen-bond acceptors (Lipinski definition) is 3. The van der Waals surface area contributed by atoms with E-state index in [2.05, 4.69) is 22.9 Å². The van der Waals surface area contributed by atoms with Crippen LogP contribution in [0.5, 0.6) is 0 Å². The van der Waals surface area contributed by atoms with Crippen LogP contribution in [0.2, 0.25) is 0 Å². The van der Waals surface area contributed by atoms with Crippen molar-refractivity contribution in [2.45, 2.75) is 65.0 Å². The van der Waals surface area contributed by atoms with E-state index in [1.54, 1.807) is 0 Å². The summed E-state index contributed by atoms with van der Waals surface area (Å²) in [6.07, 6.45) is 4.15. The van der Waals surface area contributed by atoms with Gasteiger partial charge in [-0.1, -0.05) is 13.8 Å². The minimum Gasteiger partial charge on any atom is -0.356 e. The largest absolute Gasteiger partial charge is 0.356 e. The molecule has 0 bridgehead atoms. The fourth-order valence-corrected chi connectivity index (χ4v) is 2.42. The quantitative estimate of drug-likeness (QED) is 0.657. The van der Waals surface area contributed by atoms with Crippen molar-refractivity contribution in [3.05, 3.63) is 0 Å². The highest BCUT2D eigenvalue weighted by Crippen LogP contribution is 2.17. The molecule has 0 aliphatic carbocycles. The Balaban J connectivity index is 2.15. The van der Waals surface area contributed by atoms with E-state index in [1.165, 1.54) is 12.8 Å². The van der Waals surface area contributed by atoms with Gasteiger partial charge in [-0.3, -0.25) is 9.59 Å². The molecule has 0 aromatic rings. The van der Waals surface area contributed by atoms with Crippen LogP contribution in [0.1, 0.15) is 52.9 Å². The summed E-state index contributed by atoms with van der Waals surface area (Å²) < 4.78 is 0. The molecule has 1 aliphatic rings. The minimum absolute atomic E-state index is 0.00353. The zero-order valence-corrected chi connectivity index (χ0v) is 13.0. The van der Waals surface area contributed by atoms with Gasteiger partial charge >= 0.3 is 0 Å². The molecule has 1 aliphatic heterocycles. The first-order chi connectivity index (χ1) is 9.52. The van der Waals surface area contributed by atoms with Gasteiger partial charge in [0, 0.05) is 31.5 Å². The van der Waals surface area contributed by atoms with Gasteiger partial charge in [0.15, 0.2) is 0 Å². The number of rotatable bonds is 7. The first kappa shape index (κ1) is 17.0. The van der Waals surface area contributed by atoms with Crippen LogP contribution in [-0.2, 0) is 9.59 Å². The zero-order valence-electron chi connectivity index (χ0n) is 13.0. The van der Waals surface area contributed by atoms with Gasteiger partial charge in [-0.05, 0) is 38.6 Å². The molecule has 116 valence electrons. The second-order valence-corrected chi connectivity index (χ2v) is 5.86. The van der Waals surface area contributed by atoms with Crippen LogP contribution in [0.4, 0.5) is 0 Å². The molecule has 0 saturated carbocycles. The maximum absolute atomic E-state index is 11.8. The standard InChI is InChI=1S/C15H29N3O2/c1-4-12(3)18-14(19)7-9-17-15(20)10-13-11(2)6-5-8-16-13/h11-13,16H,4-10H2,1-3H3,(H,17,20)(H,18,19). The molecule has 0 aromatic carbocycles. The highest BCUT2D eigenvalue weighted by Gasteiger charge is 2.22. The molecule has 1 fully saturated rings. The fraction of sp³-hybridized carbons (Fsp3) is 0.867. The lowest BCUT2D eigenvalue weighted by Crippen LogP contribution is -2.44. The summed E-state index contributed by atoms with van der Waals surface area (Å²) in [7, 11) is 0. The topological polar surface area (TPSA) is 70.2 Å². The molecule has 0 spiro atoms. The van der Waals surface area contributed by atoms with Crippen LogP contribution >= 0.6 is 0 Å². The van der Waals surface area contributed by atoms with Crippen molar-refractivity contribution in [3.8, 4) is 0 Å². The Hall–Kier alpha value is -1.10. The molecule has 1 saturated heterocycles. The van der Waals surface area contributed by atoms with Crippen molar-refractivity contribution in [3.63, 3.8) is 0 Å². The van der Waals surface area contributed by atoms with Crippen LogP contribution in [0, 0.1) is 5.92 Å². The third kappa shape index (κ3) is 6.37. The molecule has 5 heteroatoms. The summed E-state index contributed by atoms with van der Waals surface area (Å²) >= 11 is 0. The summed E-state index contributed by atoms with van der Waals surface area (Å²) in [5.74, 6) is 0.583. The molecule has 3 unspecified atom stereocenters. The molecular weight excluding hydrogens is 254 g/mol. The number of hydrogen-bond donors (Lipinski definition) is 3. The number of amides is 2. The van der Waals surface area contributed by atoms with E-state index in [4.69, 9.17) is 0 Å². The second kappa shape index (κ2) is 8.95. The molecule has 3 N–H and O–H groups in total. The Morgan fingerprint density at radius 2 is 2.10 bits per heavy atom. The maximum atomic E-state index is 11.8. The summed E-state index contributed by atoms with van der Waals surface area (Å²) in [4.78, 5) is 23.4. The summed E-state index contributed by atoms with van der Waals surface area (Å²) in [5.41, 5.74) is 0. The van der Waals surface area contributed by atoms with Gasteiger partial charge in [0.2, 0.25) is 11.8 Å². The smallest absolute Gasteiger partial charge is 0.221 e. The van der Waals surface area contributed by atoms with Gasteiger partial charge < -0.3 is 16.0 Å². The Morgan fingerprint density at radius 3 is 2.75 bits per heavy atom. The summed E-state index contributed by atoms with van der Waals surface area (Å²) in [6, 6.07) is 0.475. The molecule has 1 rings (SSSR count). The van der Waals surface area contributed by atoms with E-state index < -0.39 is 0 Å². The van der Waals surface area contributed by atoms with E-state index in [1.807, 2.05) is 13.8 Å². The van der Waals surface area contributed by atoms with Crippen molar-refractivity contribution in [2.24, 2.45) is 5.92 Å². The Kier molecular flexibility index (Phi) is 7.59. The van der Waals surface area contributed by atoms with Gasteiger partial charge in [0.25, 0.3) is 0 Å². The fourth-order valence-electron chi connectivity index (χ4n) is 2.42. The maximum Gasteiger partial charge on any atom is 0.221 e. The predicted molar refractivity (Wildman–Crippen MR) is 80.3 cm³/mol. The van der Waals surface area contributed by atoms with Gasteiger partial charge in [-0.15, -0.1) is 0 Å². The third-order valence-electron chi connectivity index (χ3n) is 4.03. The van der Waals surface area contributed by atoms with Crippen molar-refractivity contribution in [1.82, 2.24) is 16.0 Å². The lowest BCUT2D eigenvalue weighted by molar-refractivity contribution is -0.123.